The van der Waals surface area contributed by atoms with E-state index in [1.807, 2.05) is 12.1 Å². The fourth-order valence-corrected chi connectivity index (χ4v) is 4.35. The molecular formula is C25H44O. The van der Waals surface area contributed by atoms with Gasteiger partial charge in [-0.25, -0.2) is 0 Å². The predicted molar refractivity (Wildman–Crippen MR) is 116 cm³/mol. The molecule has 1 aromatic rings. The molecule has 26 heavy (non-hydrogen) atoms. The van der Waals surface area contributed by atoms with E-state index in [-0.39, 0.29) is 5.41 Å². The van der Waals surface area contributed by atoms with Gasteiger partial charge < -0.3 is 5.11 Å². The monoisotopic (exact) mass is 360 g/mol. The molecule has 1 N–H and O–H groups in total. The lowest BCUT2D eigenvalue weighted by atomic mass is 9.69. The van der Waals surface area contributed by atoms with Crippen LogP contribution >= 0.6 is 0 Å². The molecule has 0 unspecified atom stereocenters. The van der Waals surface area contributed by atoms with Crippen LogP contribution in [-0.4, -0.2) is 5.11 Å². The van der Waals surface area contributed by atoms with Gasteiger partial charge in [-0.05, 0) is 30.7 Å². The van der Waals surface area contributed by atoms with Gasteiger partial charge in [-0.15, -0.1) is 0 Å². The first kappa shape index (κ1) is 23.1. The maximum atomic E-state index is 10.6. The van der Waals surface area contributed by atoms with E-state index in [2.05, 4.69) is 32.9 Å². The molecule has 1 rings (SSSR count). The second kappa shape index (κ2) is 14.1. The normalized spacial score (nSPS) is 11.8. The predicted octanol–water partition coefficient (Wildman–Crippen LogP) is 8.54. The highest BCUT2D eigenvalue weighted by Crippen LogP contribution is 2.44. The highest BCUT2D eigenvalue weighted by atomic mass is 16.3. The molecule has 0 saturated carbocycles. The zero-order valence-electron chi connectivity index (χ0n) is 17.9. The summed E-state index contributed by atoms with van der Waals surface area (Å²) in [5.41, 5.74) is 1.40. The minimum Gasteiger partial charge on any atom is -0.508 e. The summed E-state index contributed by atoms with van der Waals surface area (Å²) in [4.78, 5) is 0. The second-order valence-electron chi connectivity index (χ2n) is 8.23. The molecule has 1 aromatic carbocycles. The summed E-state index contributed by atoms with van der Waals surface area (Å²) in [7, 11) is 0. The summed E-state index contributed by atoms with van der Waals surface area (Å²) in [5, 5.41) is 10.6. The molecule has 1 nitrogen and oxygen atoms in total. The Kier molecular flexibility index (Phi) is 12.5. The molecule has 0 amide bonds. The van der Waals surface area contributed by atoms with Gasteiger partial charge in [0.05, 0.1) is 0 Å². The molecule has 1 heteroatoms. The number of benzene rings is 1. The Balaban J connectivity index is 2.86. The van der Waals surface area contributed by atoms with Gasteiger partial charge in [0, 0.05) is 5.56 Å². The number of aromatic hydroxyl groups is 1. The summed E-state index contributed by atoms with van der Waals surface area (Å²) in [6.07, 6.45) is 19.5. The van der Waals surface area contributed by atoms with E-state index in [0.29, 0.717) is 5.75 Å². The molecule has 0 radical (unpaired) electrons. The largest absolute Gasteiger partial charge is 0.508 e. The number of phenolic OH excluding ortho intramolecular Hbond substituents is 1. The standard InChI is InChI=1S/C25H44O/c1-4-7-10-12-16-21-25(20-9-6-3,22-17-13-11-8-5-2)23-18-14-15-19-24(23)26/h14-15,18-19,26H,4-13,16-17,20-22H2,1-3H3. The van der Waals surface area contributed by atoms with Crippen LogP contribution in [0.15, 0.2) is 24.3 Å². The van der Waals surface area contributed by atoms with Gasteiger partial charge in [-0.2, -0.15) is 0 Å². The van der Waals surface area contributed by atoms with E-state index in [4.69, 9.17) is 0 Å². The third-order valence-corrected chi connectivity index (χ3v) is 6.00. The minimum absolute atomic E-state index is 0.180. The van der Waals surface area contributed by atoms with Gasteiger partial charge in [0.15, 0.2) is 0 Å². The van der Waals surface area contributed by atoms with Crippen molar-refractivity contribution in [3.63, 3.8) is 0 Å². The molecule has 0 atom stereocenters. The first-order valence-electron chi connectivity index (χ1n) is 11.5. The molecule has 0 aliphatic heterocycles. The molecule has 150 valence electrons. The van der Waals surface area contributed by atoms with Crippen LogP contribution in [0.25, 0.3) is 0 Å². The van der Waals surface area contributed by atoms with Crippen LogP contribution in [0.4, 0.5) is 0 Å². The maximum Gasteiger partial charge on any atom is 0.119 e. The molecule has 0 bridgehead atoms. The van der Waals surface area contributed by atoms with E-state index in [1.165, 1.54) is 102 Å². The Morgan fingerprint density at radius 3 is 1.58 bits per heavy atom. The van der Waals surface area contributed by atoms with Gasteiger partial charge in [0.25, 0.3) is 0 Å². The zero-order chi connectivity index (χ0) is 19.1. The van der Waals surface area contributed by atoms with Gasteiger partial charge in [-0.1, -0.05) is 116 Å². The fourth-order valence-electron chi connectivity index (χ4n) is 4.35. The van der Waals surface area contributed by atoms with Gasteiger partial charge >= 0.3 is 0 Å². The van der Waals surface area contributed by atoms with Crippen LogP contribution < -0.4 is 0 Å². The lowest BCUT2D eigenvalue weighted by Gasteiger charge is -2.36. The third-order valence-electron chi connectivity index (χ3n) is 6.00. The van der Waals surface area contributed by atoms with E-state index in [0.717, 1.165) is 0 Å². The molecular weight excluding hydrogens is 316 g/mol. The lowest BCUT2D eigenvalue weighted by Crippen LogP contribution is -2.27. The average molecular weight is 361 g/mol. The molecule has 0 saturated heterocycles. The summed E-state index contributed by atoms with van der Waals surface area (Å²) in [6, 6.07) is 8.17. The Morgan fingerprint density at radius 2 is 1.08 bits per heavy atom. The highest BCUT2D eigenvalue weighted by Gasteiger charge is 2.32. The second-order valence-corrected chi connectivity index (χ2v) is 8.23. The molecule has 0 aliphatic rings. The Morgan fingerprint density at radius 1 is 0.615 bits per heavy atom. The van der Waals surface area contributed by atoms with Crippen LogP contribution in [0.2, 0.25) is 0 Å². The molecule has 0 fully saturated rings. The van der Waals surface area contributed by atoms with Crippen molar-refractivity contribution >= 4 is 0 Å². The van der Waals surface area contributed by atoms with Gasteiger partial charge in [-0.3, -0.25) is 0 Å². The number of unbranched alkanes of at least 4 members (excludes halogenated alkanes) is 9. The summed E-state index contributed by atoms with van der Waals surface area (Å²) < 4.78 is 0. The van der Waals surface area contributed by atoms with Crippen molar-refractivity contribution in [1.82, 2.24) is 0 Å². The number of hydrogen-bond acceptors (Lipinski definition) is 1. The van der Waals surface area contributed by atoms with E-state index < -0.39 is 0 Å². The number of rotatable bonds is 16. The molecule has 0 spiro atoms. The van der Waals surface area contributed by atoms with Crippen LogP contribution in [0.1, 0.15) is 123 Å². The Hall–Kier alpha value is -0.980. The molecule has 0 heterocycles. The number of phenols is 1. The number of para-hydroxylation sites is 1. The molecule has 0 aliphatic carbocycles. The van der Waals surface area contributed by atoms with Crippen molar-refractivity contribution in [2.75, 3.05) is 0 Å². The van der Waals surface area contributed by atoms with E-state index >= 15 is 0 Å². The van der Waals surface area contributed by atoms with Crippen molar-refractivity contribution in [2.24, 2.45) is 0 Å². The van der Waals surface area contributed by atoms with Gasteiger partial charge in [0.2, 0.25) is 0 Å². The van der Waals surface area contributed by atoms with Crippen molar-refractivity contribution in [3.8, 4) is 5.75 Å². The summed E-state index contributed by atoms with van der Waals surface area (Å²) in [5.74, 6) is 0.519. The van der Waals surface area contributed by atoms with E-state index in [1.54, 1.807) is 0 Å². The average Bonchev–Trinajstić information content (AvgIpc) is 2.65. The van der Waals surface area contributed by atoms with Crippen molar-refractivity contribution in [2.45, 2.75) is 122 Å². The lowest BCUT2D eigenvalue weighted by molar-refractivity contribution is 0.292. The van der Waals surface area contributed by atoms with Crippen molar-refractivity contribution in [1.29, 1.82) is 0 Å². The zero-order valence-corrected chi connectivity index (χ0v) is 17.9. The van der Waals surface area contributed by atoms with Crippen LogP contribution in [0.3, 0.4) is 0 Å². The fraction of sp³-hybridized carbons (Fsp3) is 0.760. The summed E-state index contributed by atoms with van der Waals surface area (Å²) >= 11 is 0. The van der Waals surface area contributed by atoms with Crippen molar-refractivity contribution < 1.29 is 5.11 Å². The highest BCUT2D eigenvalue weighted by molar-refractivity contribution is 5.38. The third kappa shape index (κ3) is 8.14. The first-order valence-corrected chi connectivity index (χ1v) is 11.5. The Bertz CT molecular complexity index is 437. The first-order chi connectivity index (χ1) is 12.7. The van der Waals surface area contributed by atoms with Gasteiger partial charge in [0.1, 0.15) is 5.75 Å². The minimum atomic E-state index is 0.180. The van der Waals surface area contributed by atoms with Crippen LogP contribution in [-0.2, 0) is 5.41 Å². The maximum absolute atomic E-state index is 10.6. The van der Waals surface area contributed by atoms with E-state index in [9.17, 15) is 5.11 Å². The number of hydrogen-bond donors (Lipinski definition) is 1. The smallest absolute Gasteiger partial charge is 0.119 e. The van der Waals surface area contributed by atoms with Crippen molar-refractivity contribution in [3.05, 3.63) is 29.8 Å². The topological polar surface area (TPSA) is 20.2 Å². The Labute approximate surface area is 163 Å². The summed E-state index contributed by atoms with van der Waals surface area (Å²) in [6.45, 7) is 6.85. The molecule has 0 aromatic heterocycles. The van der Waals surface area contributed by atoms with Crippen LogP contribution in [0, 0.1) is 0 Å². The van der Waals surface area contributed by atoms with Crippen LogP contribution in [0.5, 0.6) is 5.75 Å². The SMILES string of the molecule is CCCCCCCC(CCCC)(CCCCCCC)c1ccccc1O. The quantitative estimate of drug-likeness (QED) is 0.293.